The van der Waals surface area contributed by atoms with E-state index in [4.69, 9.17) is 33.2 Å². The van der Waals surface area contributed by atoms with Crippen molar-refractivity contribution in [2.75, 3.05) is 7.11 Å². The molecule has 0 aliphatic heterocycles. The molecular weight excluding hydrogens is 239 g/mol. The van der Waals surface area contributed by atoms with E-state index in [0.29, 0.717) is 5.57 Å². The van der Waals surface area contributed by atoms with Crippen molar-refractivity contribution in [3.63, 3.8) is 0 Å². The first kappa shape index (κ1) is 12.3. The van der Waals surface area contributed by atoms with Gasteiger partial charge in [0.2, 0.25) is 0 Å². The highest BCUT2D eigenvalue weighted by molar-refractivity contribution is 7.65. The zero-order chi connectivity index (χ0) is 9.78. The van der Waals surface area contributed by atoms with Gasteiger partial charge in [0.25, 0.3) is 0 Å². The highest BCUT2D eigenvalue weighted by Crippen LogP contribution is 2.29. The van der Waals surface area contributed by atoms with Gasteiger partial charge in [-0.05, 0) is 6.92 Å². The van der Waals surface area contributed by atoms with Crippen LogP contribution in [0.1, 0.15) is 6.92 Å². The number of carbonyl (C=O) groups is 1. The maximum Gasteiger partial charge on any atom is 0.345 e. The van der Waals surface area contributed by atoms with Crippen molar-refractivity contribution in [3.05, 3.63) is 11.6 Å². The first-order valence-corrected chi connectivity index (χ1v) is 8.45. The van der Waals surface area contributed by atoms with Crippen LogP contribution >= 0.6 is 33.2 Å². The van der Waals surface area contributed by atoms with Crippen molar-refractivity contribution in [1.29, 1.82) is 0 Å². The van der Waals surface area contributed by atoms with Crippen LogP contribution in [0.2, 0.25) is 6.04 Å². The third kappa shape index (κ3) is 5.03. The predicted molar refractivity (Wildman–Crippen MR) is 53.9 cm³/mol. The minimum absolute atomic E-state index is 0.195. The summed E-state index contributed by atoms with van der Waals surface area (Å²) >= 11 is 16.9. The molecule has 0 heterocycles. The normalized spacial score (nSPS) is 12.9. The molecule has 2 nitrogen and oxygen atoms in total. The second-order valence-corrected chi connectivity index (χ2v) is 11.2. The van der Waals surface area contributed by atoms with E-state index in [1.807, 2.05) is 0 Å². The number of allylic oxidation sites excluding steroid dienone is 1. The van der Waals surface area contributed by atoms with Crippen molar-refractivity contribution < 1.29 is 9.53 Å². The summed E-state index contributed by atoms with van der Waals surface area (Å²) in [4.78, 5) is 11.0. The summed E-state index contributed by atoms with van der Waals surface area (Å²) in [5, 5.41) is 0. The highest BCUT2D eigenvalue weighted by atomic mass is 35.8. The number of methoxy groups -OCH3 is 1. The lowest BCUT2D eigenvalue weighted by Crippen LogP contribution is -2.15. The Balaban J connectivity index is 4.31. The molecule has 0 aliphatic rings. The molecule has 0 rings (SSSR count). The van der Waals surface area contributed by atoms with E-state index in [1.54, 1.807) is 13.0 Å². The van der Waals surface area contributed by atoms with Crippen LogP contribution in [-0.2, 0) is 9.53 Å². The second-order valence-electron chi connectivity index (χ2n) is 2.10. The van der Waals surface area contributed by atoms with Gasteiger partial charge in [-0.1, -0.05) is 6.08 Å². The van der Waals surface area contributed by atoms with E-state index < -0.39 is 12.0 Å². The van der Waals surface area contributed by atoms with E-state index in [9.17, 15) is 4.79 Å². The Morgan fingerprint density at radius 2 is 2.00 bits per heavy atom. The van der Waals surface area contributed by atoms with Crippen molar-refractivity contribution in [2.45, 2.75) is 13.0 Å². The molecule has 0 saturated heterocycles. The molecule has 6 heteroatoms. The van der Waals surface area contributed by atoms with Gasteiger partial charge >= 0.3 is 12.0 Å². The third-order valence-corrected chi connectivity index (χ3v) is 3.17. The second kappa shape index (κ2) is 5.12. The van der Waals surface area contributed by atoms with Crippen molar-refractivity contribution in [2.24, 2.45) is 0 Å². The summed E-state index contributed by atoms with van der Waals surface area (Å²) < 4.78 is 4.49. The lowest BCUT2D eigenvalue weighted by molar-refractivity contribution is -0.136. The lowest BCUT2D eigenvalue weighted by Gasteiger charge is -2.08. The number of hydrogen-bond acceptors (Lipinski definition) is 2. The maximum atomic E-state index is 11.0. The van der Waals surface area contributed by atoms with Crippen LogP contribution in [0.25, 0.3) is 0 Å². The van der Waals surface area contributed by atoms with Crippen LogP contribution in [0.15, 0.2) is 11.6 Å². The molecule has 0 aromatic heterocycles. The summed E-state index contributed by atoms with van der Waals surface area (Å²) in [6.07, 6.45) is 1.60. The molecule has 0 unspecified atom stereocenters. The first-order chi connectivity index (χ1) is 5.40. The number of esters is 1. The quantitative estimate of drug-likeness (QED) is 0.332. The maximum absolute atomic E-state index is 11.0. The molecule has 0 bridgehead atoms. The largest absolute Gasteiger partial charge is 0.466 e. The fourth-order valence-electron chi connectivity index (χ4n) is 0.639. The Morgan fingerprint density at radius 3 is 2.25 bits per heavy atom. The van der Waals surface area contributed by atoms with Gasteiger partial charge < -0.3 is 4.74 Å². The van der Waals surface area contributed by atoms with Gasteiger partial charge in [-0.15, -0.1) is 33.2 Å². The van der Waals surface area contributed by atoms with Crippen LogP contribution in [0.5, 0.6) is 0 Å². The monoisotopic (exact) mass is 246 g/mol. The fourth-order valence-corrected chi connectivity index (χ4v) is 2.72. The topological polar surface area (TPSA) is 26.3 Å². The lowest BCUT2D eigenvalue weighted by atomic mass is 10.3. The number of hydrogen-bond donors (Lipinski definition) is 0. The van der Waals surface area contributed by atoms with Crippen molar-refractivity contribution in [1.82, 2.24) is 0 Å². The van der Waals surface area contributed by atoms with Crippen molar-refractivity contribution in [3.8, 4) is 0 Å². The van der Waals surface area contributed by atoms with Gasteiger partial charge in [-0.3, -0.25) is 0 Å². The molecule has 0 atom stereocenters. The van der Waals surface area contributed by atoms with Crippen molar-refractivity contribution >= 4 is 45.2 Å². The first-order valence-electron chi connectivity index (χ1n) is 3.21. The molecule has 0 amide bonds. The van der Waals surface area contributed by atoms with Crippen LogP contribution in [0.3, 0.4) is 0 Å². The summed E-state index contributed by atoms with van der Waals surface area (Å²) in [5.41, 5.74) is 0.421. The molecule has 0 spiro atoms. The van der Waals surface area contributed by atoms with Crippen LogP contribution in [0.4, 0.5) is 0 Å². The molecule has 0 saturated carbocycles. The molecule has 0 aromatic rings. The average Bonchev–Trinajstić information content (AvgIpc) is 1.97. The van der Waals surface area contributed by atoms with E-state index in [0.717, 1.165) is 0 Å². The number of rotatable bonds is 3. The third-order valence-electron chi connectivity index (χ3n) is 1.19. The minimum Gasteiger partial charge on any atom is -0.466 e. The Bertz CT molecular complexity index is 197. The molecular formula is C6H9Cl3O2Si. The molecule has 0 aliphatic carbocycles. The van der Waals surface area contributed by atoms with Gasteiger partial charge in [0, 0.05) is 11.6 Å². The van der Waals surface area contributed by atoms with Gasteiger partial charge in [-0.2, -0.15) is 0 Å². The molecule has 12 heavy (non-hydrogen) atoms. The number of carbonyl (C=O) groups excluding carboxylic acids is 1. The smallest absolute Gasteiger partial charge is 0.345 e. The molecule has 0 fully saturated rings. The van der Waals surface area contributed by atoms with Gasteiger partial charge in [0.15, 0.2) is 0 Å². The summed E-state index contributed by atoms with van der Waals surface area (Å²) in [5.74, 6) is -0.434. The fraction of sp³-hybridized carbons (Fsp3) is 0.500. The average molecular weight is 248 g/mol. The Labute approximate surface area is 86.6 Å². The van der Waals surface area contributed by atoms with E-state index in [-0.39, 0.29) is 6.04 Å². The summed E-state index contributed by atoms with van der Waals surface area (Å²) in [6.45, 7) is 1.71. The van der Waals surface area contributed by atoms with Gasteiger partial charge in [0.1, 0.15) is 0 Å². The molecule has 0 aromatic carbocycles. The SMILES string of the molecule is C/C=C(\C[Si](Cl)(Cl)Cl)C(=O)OC. The molecule has 70 valence electrons. The zero-order valence-electron chi connectivity index (χ0n) is 6.73. The minimum atomic E-state index is -2.77. The number of halogens is 3. The van der Waals surface area contributed by atoms with E-state index in [1.165, 1.54) is 7.11 Å². The summed E-state index contributed by atoms with van der Waals surface area (Å²) in [6, 6.07) is -2.58. The predicted octanol–water partition coefficient (Wildman–Crippen LogP) is 2.76. The zero-order valence-corrected chi connectivity index (χ0v) is 10.0. The Hall–Kier alpha value is 0.297. The van der Waals surface area contributed by atoms with E-state index in [2.05, 4.69) is 4.74 Å². The molecule has 0 radical (unpaired) electrons. The van der Waals surface area contributed by atoms with Gasteiger partial charge in [-0.25, -0.2) is 4.79 Å². The Kier molecular flexibility index (Phi) is 5.25. The standard InChI is InChI=1S/C6H9Cl3O2Si/c1-3-5(6(10)11-2)4-12(7,8)9/h3H,4H2,1-2H3/b5-3+. The summed E-state index contributed by atoms with van der Waals surface area (Å²) in [7, 11) is 1.30. The van der Waals surface area contributed by atoms with Crippen LogP contribution < -0.4 is 0 Å². The number of ether oxygens (including phenoxy) is 1. The van der Waals surface area contributed by atoms with Crippen LogP contribution in [-0.4, -0.2) is 19.1 Å². The van der Waals surface area contributed by atoms with Gasteiger partial charge in [0.05, 0.1) is 7.11 Å². The highest BCUT2D eigenvalue weighted by Gasteiger charge is 2.29. The van der Waals surface area contributed by atoms with Crippen LogP contribution in [0, 0.1) is 0 Å². The molecule has 0 N–H and O–H groups in total. The Morgan fingerprint density at radius 1 is 1.50 bits per heavy atom. The van der Waals surface area contributed by atoms with E-state index >= 15 is 0 Å².